The third-order valence-electron chi connectivity index (χ3n) is 19.9. The Hall–Kier alpha value is -7.54. The highest BCUT2D eigenvalue weighted by Gasteiger charge is 2.43. The number of esters is 4. The van der Waals surface area contributed by atoms with Crippen molar-refractivity contribution in [3.8, 4) is 28.7 Å². The van der Waals surface area contributed by atoms with E-state index in [-0.39, 0.29) is 69.4 Å². The Balaban J connectivity index is 0.000000249. The third-order valence-corrected chi connectivity index (χ3v) is 43.8. The Morgan fingerprint density at radius 2 is 0.688 bits per heavy atom. The SMILES string of the molecule is CC(C)P(=S)(N[C@H](C)C(=O)OCC(C)(C)C)Oc1cccc2ccccc12.CCOC(=O)[C@@H](C)NP(=S)(Oc1ccccc1)C(C)(C)C.CCOC(=O)[C@H](C)NP(=S)(Oc1ccccc1)C(C)C.C[C@@H](CP(=S)(Oc1cccc2ccccc12)C(C)(C)C)C(=O)OCc1ccccc1.C[C@H](CP(=O)(Oc1cccc2ccccc12)C(C)(C)C)C(=S)OCc1ccccc1. The average Bonchev–Trinajstić information content (AvgIpc) is 0.797. The van der Waals surface area contributed by atoms with Crippen LogP contribution in [0.4, 0.5) is 0 Å². The van der Waals surface area contributed by atoms with E-state index in [0.29, 0.717) is 61.1 Å². The quantitative estimate of drug-likeness (QED) is 0.0148. The van der Waals surface area contributed by atoms with Crippen LogP contribution >= 0.6 is 45.1 Å². The molecule has 0 spiro atoms. The molecule has 0 amide bonds. The minimum absolute atomic E-state index is 0.0596. The number of rotatable bonds is 34. The first-order valence-corrected chi connectivity index (χ1v) is 56.6. The van der Waals surface area contributed by atoms with Crippen molar-refractivity contribution in [1.82, 2.24) is 15.3 Å². The third kappa shape index (κ3) is 34.2. The highest BCUT2D eigenvalue weighted by Crippen LogP contribution is 2.62. The summed E-state index contributed by atoms with van der Waals surface area (Å²) in [6, 6.07) is 78.9. The molecule has 0 bridgehead atoms. The molecule has 0 aliphatic carbocycles. The number of carbonyl (C=O) groups is 4. The van der Waals surface area contributed by atoms with Crippen LogP contribution in [0.15, 0.2) is 249 Å². The topological polar surface area (TPSA) is 214 Å². The van der Waals surface area contributed by atoms with Gasteiger partial charge in [0.05, 0.1) is 25.7 Å². The predicted molar refractivity (Wildman–Crippen MR) is 552 cm³/mol. The number of para-hydroxylation sites is 2. The smallest absolute Gasteiger partial charge is 0.323 e. The van der Waals surface area contributed by atoms with Crippen LogP contribution in [0.2, 0.25) is 0 Å². The van der Waals surface area contributed by atoms with Crippen molar-refractivity contribution in [3.63, 3.8) is 0 Å². The number of thiocarbonyl (C=S) groups is 1. The normalized spacial score (nSPS) is 15.1. The summed E-state index contributed by atoms with van der Waals surface area (Å²) in [5.74, 6) is 1.93. The molecule has 10 aromatic carbocycles. The van der Waals surface area contributed by atoms with Gasteiger partial charge in [-0.15, -0.1) is 0 Å². The molecule has 0 heterocycles. The summed E-state index contributed by atoms with van der Waals surface area (Å²) in [5.41, 5.74) is 2.12. The monoisotopic (exact) mass is 1930 g/mol. The standard InChI is InChI=1S/2C25H29O3PS.C21H30NO3PS.C15H24NO3PS.C14H22NO3PS/c1-19(24(30)27-17-20-11-6-5-7-12-20)18-29(26,25(2,3)4)28-23-16-10-14-21-13-8-9-15-22(21)23;1-19(24(26)27-17-20-11-6-5-7-12-20)18-29(30,25(2,3)4)28-23-16-10-14-21-13-8-9-15-22(21)23;1-15(2)26(27,22-16(3)20(23)24-14-21(4,5)6)25-19-13-9-11-17-10-7-8-12-18(17)19;1-6-18-14(17)12(2)16-20(21,15(3,4)5)19-13-10-8-7-9-11-13;1-5-17-14(16)12(4)15-19(20,11(2)3)18-13-9-7-6-8-10-13/h2*5-16,19H,17-18H2,1-4H3;7-13,15-16H,14H2,1-6H3,(H,22,27);7-12H,6H2,1-5H3,(H,16,21);6-12H,5H2,1-4H3,(H,15,20)/t2*19-,29?;16-,26?;12-,20?;12-,19?/m10110/s1. The molecule has 0 aliphatic heterocycles. The van der Waals surface area contributed by atoms with Crippen LogP contribution in [-0.4, -0.2) is 106 Å². The van der Waals surface area contributed by atoms with Gasteiger partial charge in [-0.25, -0.2) is 15.3 Å². The summed E-state index contributed by atoms with van der Waals surface area (Å²) in [7, 11) is -3.10. The van der Waals surface area contributed by atoms with Gasteiger partial charge in [0, 0.05) is 61.2 Å². The van der Waals surface area contributed by atoms with Crippen molar-refractivity contribution in [1.29, 1.82) is 0 Å². The summed E-state index contributed by atoms with van der Waals surface area (Å²) >= 11 is 29.0. The molecule has 10 aromatic rings. The maximum absolute atomic E-state index is 14.1. The molecule has 128 heavy (non-hydrogen) atoms. The number of ether oxygens (including phenoxy) is 5. The Kier molecular flexibility index (Phi) is 43.0. The van der Waals surface area contributed by atoms with Crippen LogP contribution in [-0.2, 0) is 108 Å². The molecule has 0 saturated carbocycles. The summed E-state index contributed by atoms with van der Waals surface area (Å²) in [6.45, 7) is 46.8. The van der Waals surface area contributed by atoms with Crippen molar-refractivity contribution < 1.29 is 70.0 Å². The zero-order chi connectivity index (χ0) is 95.1. The molecular formula is C100H134N3O15P5S5. The molecule has 10 rings (SSSR count). The number of carbonyl (C=O) groups excluding carboxylic acids is 4. The molecule has 18 nitrogen and oxygen atoms in total. The van der Waals surface area contributed by atoms with Crippen LogP contribution in [0, 0.1) is 17.3 Å². The highest BCUT2D eigenvalue weighted by molar-refractivity contribution is 8.13. The Bertz CT molecular complexity index is 5290. The van der Waals surface area contributed by atoms with Crippen molar-refractivity contribution in [2.24, 2.45) is 17.3 Å². The van der Waals surface area contributed by atoms with Crippen molar-refractivity contribution in [3.05, 3.63) is 260 Å². The molecular weight excluding hydrogens is 1800 g/mol. The number of hydrogen-bond acceptors (Lipinski definition) is 20. The molecule has 694 valence electrons. The van der Waals surface area contributed by atoms with E-state index in [9.17, 15) is 23.7 Å². The van der Waals surface area contributed by atoms with Crippen molar-refractivity contribution in [2.45, 2.75) is 217 Å². The molecule has 10 atom stereocenters. The van der Waals surface area contributed by atoms with Gasteiger partial charge >= 0.3 is 23.9 Å². The van der Waals surface area contributed by atoms with E-state index >= 15 is 0 Å². The second-order valence-electron chi connectivity index (χ2n) is 35.9. The Morgan fingerprint density at radius 1 is 0.344 bits per heavy atom. The summed E-state index contributed by atoms with van der Waals surface area (Å²) in [5, 5.41) is 15.3. The summed E-state index contributed by atoms with van der Waals surface area (Å²) in [6.07, 6.45) is -8.94. The van der Waals surface area contributed by atoms with E-state index in [1.165, 1.54) is 0 Å². The van der Waals surface area contributed by atoms with Gasteiger partial charge in [-0.2, -0.15) is 0 Å². The lowest BCUT2D eigenvalue weighted by Gasteiger charge is -2.36. The average molecular weight is 1930 g/mol. The predicted octanol–water partition coefficient (Wildman–Crippen LogP) is 26.8. The second-order valence-corrected chi connectivity index (χ2v) is 57.5. The Labute approximate surface area is 788 Å². The van der Waals surface area contributed by atoms with Crippen LogP contribution in [0.25, 0.3) is 32.3 Å². The van der Waals surface area contributed by atoms with Crippen molar-refractivity contribution >= 4 is 154 Å². The maximum Gasteiger partial charge on any atom is 0.323 e. The first-order valence-electron chi connectivity index (χ1n) is 43.2. The largest absolute Gasteiger partial charge is 0.482 e. The van der Waals surface area contributed by atoms with E-state index in [4.69, 9.17) is 106 Å². The maximum atomic E-state index is 14.1. The van der Waals surface area contributed by atoms with Crippen LogP contribution in [0.5, 0.6) is 28.7 Å². The number of fused-ring (bicyclic) bond motifs is 3. The van der Waals surface area contributed by atoms with E-state index in [1.54, 1.807) is 34.6 Å². The van der Waals surface area contributed by atoms with E-state index in [1.807, 2.05) is 340 Å². The summed E-state index contributed by atoms with van der Waals surface area (Å²) < 4.78 is 72.2. The van der Waals surface area contributed by atoms with Gasteiger partial charge < -0.3 is 46.3 Å². The van der Waals surface area contributed by atoms with Gasteiger partial charge in [0.25, 0.3) is 7.37 Å². The van der Waals surface area contributed by atoms with E-state index in [2.05, 4.69) is 48.2 Å². The Morgan fingerprint density at radius 3 is 1.07 bits per heavy atom. The lowest BCUT2D eigenvalue weighted by Crippen LogP contribution is -2.39. The van der Waals surface area contributed by atoms with Crippen LogP contribution < -0.4 is 37.9 Å². The molecule has 0 aliphatic rings. The van der Waals surface area contributed by atoms with Gasteiger partial charge in [0.15, 0.2) is 24.3 Å². The number of hydrogen-bond donors (Lipinski definition) is 3. The summed E-state index contributed by atoms with van der Waals surface area (Å²) in [4.78, 5) is 48.6. The van der Waals surface area contributed by atoms with Gasteiger partial charge in [-0.1, -0.05) is 343 Å². The van der Waals surface area contributed by atoms with Crippen LogP contribution in [0.1, 0.15) is 170 Å². The molecule has 28 heteroatoms. The fourth-order valence-electron chi connectivity index (χ4n) is 11.9. The van der Waals surface area contributed by atoms with Gasteiger partial charge in [-0.05, 0) is 157 Å². The minimum atomic E-state index is -3.10. The van der Waals surface area contributed by atoms with Crippen LogP contribution in [0.3, 0.4) is 0 Å². The minimum Gasteiger partial charge on any atom is -0.482 e. The van der Waals surface area contributed by atoms with Gasteiger partial charge in [0.2, 0.25) is 0 Å². The van der Waals surface area contributed by atoms with Crippen molar-refractivity contribution in [2.75, 3.05) is 32.1 Å². The molecule has 0 aromatic heterocycles. The lowest BCUT2D eigenvalue weighted by atomic mass is 9.99. The number of nitrogens with one attached hydrogen (secondary N) is 3. The first kappa shape index (κ1) is 109. The van der Waals surface area contributed by atoms with E-state index < -0.39 is 56.2 Å². The fraction of sp³-hybridized carbons (Fsp3) is 0.410. The van der Waals surface area contributed by atoms with E-state index in [0.717, 1.165) is 54.9 Å². The zero-order valence-corrected chi connectivity index (χ0v) is 87.1. The zero-order valence-electron chi connectivity index (χ0n) is 78.6. The first-order chi connectivity index (χ1) is 60.0. The number of benzene rings is 10. The highest BCUT2D eigenvalue weighted by atomic mass is 32.5. The molecule has 0 saturated heterocycles. The molecule has 0 radical (unpaired) electrons. The second kappa shape index (κ2) is 50.4. The molecule has 3 N–H and O–H groups in total. The van der Waals surface area contributed by atoms with Gasteiger partial charge in [-0.3, -0.25) is 23.7 Å². The molecule has 0 fully saturated rings. The lowest BCUT2D eigenvalue weighted by molar-refractivity contribution is -0.149. The van der Waals surface area contributed by atoms with Gasteiger partial charge in [0.1, 0.15) is 66.4 Å². The fourth-order valence-corrected chi connectivity index (χ4v) is 24.8. The molecule has 5 unspecified atom stereocenters.